The van der Waals surface area contributed by atoms with Gasteiger partial charge in [0.25, 0.3) is 5.56 Å². The lowest BCUT2D eigenvalue weighted by Gasteiger charge is -2.35. The molecule has 2 fully saturated rings. The summed E-state index contributed by atoms with van der Waals surface area (Å²) in [6.45, 7) is 15.6. The molecule has 44 heavy (non-hydrogen) atoms. The predicted molar refractivity (Wildman–Crippen MR) is 170 cm³/mol. The molecule has 0 atom stereocenters. The zero-order valence-electron chi connectivity index (χ0n) is 26.5. The molecule has 1 aromatic heterocycles. The topological polar surface area (TPSA) is 109 Å². The van der Waals surface area contributed by atoms with E-state index in [1.807, 2.05) is 57.7 Å². The highest BCUT2D eigenvalue weighted by Crippen LogP contribution is 2.27. The molecule has 2 aliphatic rings. The van der Waals surface area contributed by atoms with Gasteiger partial charge in [-0.25, -0.2) is 9.78 Å². The summed E-state index contributed by atoms with van der Waals surface area (Å²) < 4.78 is 13.3. The van der Waals surface area contributed by atoms with Crippen molar-refractivity contribution in [3.05, 3.63) is 64.2 Å². The number of para-hydroxylation sites is 1. The van der Waals surface area contributed by atoms with E-state index in [2.05, 4.69) is 10.2 Å². The fourth-order valence-electron chi connectivity index (χ4n) is 5.53. The standard InChI is InChI=1S/C33H44N6O5/c1-23(2)43-29-11-10-24(28(40)21-37-16-18-38(19-17-37)32(42)44-33(3,4)5)20-27(29)39-30(22-36-14-12-34-13-15-36)35-26-9-7-6-8-25(26)31(39)41/h6-11,20,23,34H,12-19,21-22H2,1-5H3. The van der Waals surface area contributed by atoms with Crippen molar-refractivity contribution in [3.63, 3.8) is 0 Å². The molecule has 3 heterocycles. The lowest BCUT2D eigenvalue weighted by molar-refractivity contribution is 0.0149. The SMILES string of the molecule is CC(C)Oc1ccc(C(=O)CN2CCN(C(=O)OC(C)(C)C)CC2)cc1-n1c(CN2CCNCC2)nc2ccccc2c1=O. The molecule has 1 amide bonds. The van der Waals surface area contributed by atoms with Gasteiger partial charge in [0.1, 0.15) is 17.2 Å². The number of carbonyl (C=O) groups excluding carboxylic acids is 2. The van der Waals surface area contributed by atoms with Crippen molar-refractivity contribution >= 4 is 22.8 Å². The molecule has 2 aromatic carbocycles. The Hall–Kier alpha value is -3.80. The molecule has 0 unspecified atom stereocenters. The minimum absolute atomic E-state index is 0.0708. The van der Waals surface area contributed by atoms with Gasteiger partial charge in [0.15, 0.2) is 5.78 Å². The van der Waals surface area contributed by atoms with E-state index in [1.165, 1.54) is 0 Å². The number of nitrogens with one attached hydrogen (secondary N) is 1. The average molecular weight is 605 g/mol. The number of aromatic nitrogens is 2. The first kappa shape index (κ1) is 31.6. The van der Waals surface area contributed by atoms with E-state index in [1.54, 1.807) is 33.7 Å². The largest absolute Gasteiger partial charge is 0.489 e. The summed E-state index contributed by atoms with van der Waals surface area (Å²) in [5.74, 6) is 1.05. The summed E-state index contributed by atoms with van der Waals surface area (Å²) in [7, 11) is 0. The maximum atomic E-state index is 14.1. The number of ketones is 1. The second-order valence-electron chi connectivity index (χ2n) is 12.7. The van der Waals surface area contributed by atoms with Crippen molar-refractivity contribution in [2.24, 2.45) is 0 Å². The Labute approximate surface area is 258 Å². The highest BCUT2D eigenvalue weighted by atomic mass is 16.6. The second kappa shape index (κ2) is 13.5. The monoisotopic (exact) mass is 604 g/mol. The smallest absolute Gasteiger partial charge is 0.410 e. The second-order valence-corrected chi connectivity index (χ2v) is 12.7. The molecule has 236 valence electrons. The number of ether oxygens (including phenoxy) is 2. The lowest BCUT2D eigenvalue weighted by Crippen LogP contribution is -2.51. The van der Waals surface area contributed by atoms with Crippen LogP contribution in [0.15, 0.2) is 47.3 Å². The summed E-state index contributed by atoms with van der Waals surface area (Å²) in [5, 5.41) is 3.88. The molecule has 5 rings (SSSR count). The van der Waals surface area contributed by atoms with Gasteiger partial charge in [-0.3, -0.25) is 24.0 Å². The van der Waals surface area contributed by atoms with Gasteiger partial charge in [0, 0.05) is 57.9 Å². The first-order chi connectivity index (χ1) is 21.0. The van der Waals surface area contributed by atoms with E-state index in [4.69, 9.17) is 14.5 Å². The van der Waals surface area contributed by atoms with E-state index >= 15 is 0 Å². The molecular weight excluding hydrogens is 560 g/mol. The van der Waals surface area contributed by atoms with Gasteiger partial charge >= 0.3 is 6.09 Å². The van der Waals surface area contributed by atoms with Crippen LogP contribution in [-0.4, -0.2) is 107 Å². The van der Waals surface area contributed by atoms with E-state index in [9.17, 15) is 14.4 Å². The molecule has 2 aliphatic heterocycles. The molecule has 2 saturated heterocycles. The minimum atomic E-state index is -0.555. The van der Waals surface area contributed by atoms with Gasteiger partial charge in [0.05, 0.1) is 35.8 Å². The van der Waals surface area contributed by atoms with E-state index in [0.29, 0.717) is 66.5 Å². The van der Waals surface area contributed by atoms with Gasteiger partial charge in [-0.1, -0.05) is 12.1 Å². The van der Waals surface area contributed by atoms with E-state index in [-0.39, 0.29) is 30.1 Å². The Kier molecular flexibility index (Phi) is 9.67. The molecule has 0 aliphatic carbocycles. The Bertz CT molecular complexity index is 1550. The van der Waals surface area contributed by atoms with E-state index in [0.717, 1.165) is 26.2 Å². The summed E-state index contributed by atoms with van der Waals surface area (Å²) in [6.07, 6.45) is -0.475. The number of benzene rings is 2. The third kappa shape index (κ3) is 7.64. The summed E-state index contributed by atoms with van der Waals surface area (Å²) in [5.41, 5.74) is 0.882. The van der Waals surface area contributed by atoms with Crippen LogP contribution in [0.25, 0.3) is 16.6 Å². The summed E-state index contributed by atoms with van der Waals surface area (Å²) in [4.78, 5) is 51.2. The fraction of sp³-hybridized carbons (Fsp3) is 0.515. The van der Waals surface area contributed by atoms with Crippen molar-refractivity contribution in [3.8, 4) is 11.4 Å². The number of nitrogens with zero attached hydrogens (tertiary/aromatic N) is 5. The average Bonchev–Trinajstić information content (AvgIpc) is 2.97. The number of hydrogen-bond donors (Lipinski definition) is 1. The first-order valence-corrected chi connectivity index (χ1v) is 15.5. The molecule has 0 bridgehead atoms. The van der Waals surface area contributed by atoms with Crippen LogP contribution in [0.5, 0.6) is 5.75 Å². The lowest BCUT2D eigenvalue weighted by atomic mass is 10.1. The van der Waals surface area contributed by atoms with Crippen molar-refractivity contribution in [1.82, 2.24) is 29.6 Å². The number of rotatable bonds is 8. The number of carbonyl (C=O) groups is 2. The van der Waals surface area contributed by atoms with Crippen LogP contribution in [-0.2, 0) is 11.3 Å². The highest BCUT2D eigenvalue weighted by Gasteiger charge is 2.27. The maximum absolute atomic E-state index is 14.1. The van der Waals surface area contributed by atoms with Crippen LogP contribution in [0.2, 0.25) is 0 Å². The van der Waals surface area contributed by atoms with Crippen LogP contribution < -0.4 is 15.6 Å². The number of fused-ring (bicyclic) bond motifs is 1. The van der Waals surface area contributed by atoms with Crippen LogP contribution in [0.3, 0.4) is 0 Å². The van der Waals surface area contributed by atoms with Gasteiger partial charge in [-0.15, -0.1) is 0 Å². The molecule has 0 saturated carbocycles. The predicted octanol–water partition coefficient (Wildman–Crippen LogP) is 3.31. The Balaban J connectivity index is 1.44. The molecule has 0 radical (unpaired) electrons. The zero-order chi connectivity index (χ0) is 31.4. The van der Waals surface area contributed by atoms with Crippen molar-refractivity contribution in [2.75, 3.05) is 58.9 Å². The third-order valence-corrected chi connectivity index (χ3v) is 7.70. The minimum Gasteiger partial charge on any atom is -0.489 e. The van der Waals surface area contributed by atoms with Crippen LogP contribution in [0.1, 0.15) is 50.8 Å². The third-order valence-electron chi connectivity index (χ3n) is 7.70. The molecule has 1 N–H and O–H groups in total. The van der Waals surface area contributed by atoms with Crippen molar-refractivity contribution in [2.45, 2.75) is 52.9 Å². The van der Waals surface area contributed by atoms with Crippen LogP contribution in [0.4, 0.5) is 4.79 Å². The maximum Gasteiger partial charge on any atom is 0.410 e. The molecule has 3 aromatic rings. The van der Waals surface area contributed by atoms with Gasteiger partial charge < -0.3 is 19.7 Å². The molecule has 11 nitrogen and oxygen atoms in total. The molecule has 11 heteroatoms. The van der Waals surface area contributed by atoms with E-state index < -0.39 is 5.60 Å². The molecule has 0 spiro atoms. The number of Topliss-reactive ketones (excluding diaryl/α,β-unsaturated/α-hetero) is 1. The van der Waals surface area contributed by atoms with Crippen molar-refractivity contribution < 1.29 is 19.1 Å². The van der Waals surface area contributed by atoms with Crippen LogP contribution >= 0.6 is 0 Å². The summed E-state index contributed by atoms with van der Waals surface area (Å²) in [6, 6.07) is 12.7. The Morgan fingerprint density at radius 2 is 1.66 bits per heavy atom. The summed E-state index contributed by atoms with van der Waals surface area (Å²) >= 11 is 0. The zero-order valence-corrected chi connectivity index (χ0v) is 26.5. The van der Waals surface area contributed by atoms with Gasteiger partial charge in [-0.05, 0) is 65.0 Å². The fourth-order valence-corrected chi connectivity index (χ4v) is 5.53. The quantitative estimate of drug-likeness (QED) is 0.388. The Morgan fingerprint density at radius 1 is 0.955 bits per heavy atom. The number of amides is 1. The molecular formula is C33H44N6O5. The number of hydrogen-bond acceptors (Lipinski definition) is 9. The van der Waals surface area contributed by atoms with Gasteiger partial charge in [0.2, 0.25) is 0 Å². The van der Waals surface area contributed by atoms with Gasteiger partial charge in [-0.2, -0.15) is 0 Å². The normalized spacial score (nSPS) is 16.8. The highest BCUT2D eigenvalue weighted by molar-refractivity contribution is 5.98. The Morgan fingerprint density at radius 3 is 2.34 bits per heavy atom. The first-order valence-electron chi connectivity index (χ1n) is 15.5. The van der Waals surface area contributed by atoms with Crippen molar-refractivity contribution in [1.29, 1.82) is 0 Å². The van der Waals surface area contributed by atoms with Crippen LogP contribution in [0, 0.1) is 0 Å². The number of piperazine rings is 2.